The maximum Gasteiger partial charge on any atom is 0.407 e. The molecular formula is C40H60N8O6S4. The fourth-order valence-corrected chi connectivity index (χ4v) is 7.51. The number of hydrogen-bond acceptors (Lipinski definition) is 9. The predicted octanol–water partition coefficient (Wildman–Crippen LogP) is 6.53. The van der Waals surface area contributed by atoms with Crippen LogP contribution in [0, 0.1) is 11.8 Å². The molecule has 3 N–H and O–H groups in total. The summed E-state index contributed by atoms with van der Waals surface area (Å²) < 4.78 is 4.75. The summed E-state index contributed by atoms with van der Waals surface area (Å²) in [7, 11) is 2.69. The van der Waals surface area contributed by atoms with E-state index in [1.165, 1.54) is 26.2 Å². The second-order valence-electron chi connectivity index (χ2n) is 14.8. The van der Waals surface area contributed by atoms with Crippen molar-refractivity contribution in [3.8, 4) is 11.1 Å². The van der Waals surface area contributed by atoms with Gasteiger partial charge in [-0.05, 0) is 79.2 Å². The van der Waals surface area contributed by atoms with E-state index in [2.05, 4.69) is 66.5 Å². The largest absolute Gasteiger partial charge is 0.453 e. The first-order valence-corrected chi connectivity index (χ1v) is 18.9. The van der Waals surface area contributed by atoms with Gasteiger partial charge in [0.15, 0.2) is 0 Å². The van der Waals surface area contributed by atoms with Crippen LogP contribution in [0.1, 0.15) is 88.4 Å². The van der Waals surface area contributed by atoms with Gasteiger partial charge in [0.2, 0.25) is 18.2 Å². The van der Waals surface area contributed by atoms with Crippen LogP contribution in [-0.4, -0.2) is 93.4 Å². The van der Waals surface area contributed by atoms with Crippen LogP contribution in [0.15, 0.2) is 53.7 Å². The van der Waals surface area contributed by atoms with Crippen LogP contribution in [0.4, 0.5) is 4.79 Å². The Kier molecular flexibility index (Phi) is 20.0. The number of fused-ring (bicyclic) bond motifs is 1. The first kappa shape index (κ1) is 50.3. The molecule has 2 fully saturated rings. The van der Waals surface area contributed by atoms with Crippen LogP contribution in [-0.2, 0) is 36.9 Å². The number of alkyl carbamates (subject to hydrolysis) is 1. The molecule has 0 saturated carbocycles. The van der Waals surface area contributed by atoms with E-state index in [0.29, 0.717) is 13.1 Å². The SMILES string of the molecule is COOC=N[C@H](C(=O)N1CCC[C@H]1c1nc2ccc(-c3ccc(CCc4cnc([C@@H]5CCCN5C(=O)[C@@H](NC(=O)OC)C(C)C)[nH]4)cc3)cc2[nH]1)C(C)C.S.S.S.S. The molecular weight excluding hydrogens is 817 g/mol. The molecule has 320 valence electrons. The van der Waals surface area contributed by atoms with Gasteiger partial charge >= 0.3 is 6.09 Å². The van der Waals surface area contributed by atoms with E-state index < -0.39 is 18.2 Å². The van der Waals surface area contributed by atoms with Crippen molar-refractivity contribution >= 4 is 89.3 Å². The second-order valence-corrected chi connectivity index (χ2v) is 14.8. The van der Waals surface area contributed by atoms with Crippen LogP contribution in [0.25, 0.3) is 22.2 Å². The summed E-state index contributed by atoms with van der Waals surface area (Å²) in [4.78, 5) is 73.0. The maximum absolute atomic E-state index is 13.6. The van der Waals surface area contributed by atoms with E-state index in [4.69, 9.17) is 14.6 Å². The molecule has 4 atom stereocenters. The Morgan fingerprint density at radius 1 is 0.845 bits per heavy atom. The number of aryl methyl sites for hydroxylation is 2. The first-order valence-electron chi connectivity index (χ1n) is 18.9. The van der Waals surface area contributed by atoms with Gasteiger partial charge in [0.05, 0.1) is 37.3 Å². The van der Waals surface area contributed by atoms with Gasteiger partial charge in [0.1, 0.15) is 23.7 Å². The van der Waals surface area contributed by atoms with Gasteiger partial charge in [-0.15, -0.1) is 0 Å². The number of rotatable bonds is 14. The van der Waals surface area contributed by atoms with Crippen molar-refractivity contribution in [1.82, 2.24) is 35.1 Å². The molecule has 0 unspecified atom stereocenters. The van der Waals surface area contributed by atoms with Gasteiger partial charge < -0.3 is 34.7 Å². The molecule has 2 aliphatic heterocycles. The molecule has 4 aromatic rings. The Morgan fingerprint density at radius 3 is 2.10 bits per heavy atom. The molecule has 2 saturated heterocycles. The smallest absolute Gasteiger partial charge is 0.407 e. The Labute approximate surface area is 368 Å². The number of carbonyl (C=O) groups is 3. The molecule has 0 aliphatic carbocycles. The molecule has 4 heterocycles. The highest BCUT2D eigenvalue weighted by Gasteiger charge is 2.38. The Hall–Kier alpha value is -3.84. The molecule has 58 heavy (non-hydrogen) atoms. The molecule has 2 aromatic carbocycles. The number of methoxy groups -OCH3 is 1. The molecule has 3 amide bonds. The zero-order chi connectivity index (χ0) is 38.4. The summed E-state index contributed by atoms with van der Waals surface area (Å²) in [6.07, 6.45) is 7.45. The molecule has 6 rings (SSSR count). The number of carbonyl (C=O) groups excluding carboxylic acids is 3. The van der Waals surface area contributed by atoms with Crippen molar-refractivity contribution in [2.75, 3.05) is 27.3 Å². The highest BCUT2D eigenvalue weighted by atomic mass is 32.1. The van der Waals surface area contributed by atoms with Crippen molar-refractivity contribution in [2.24, 2.45) is 16.8 Å². The zero-order valence-corrected chi connectivity index (χ0v) is 38.0. The highest BCUT2D eigenvalue weighted by molar-refractivity contribution is 7.59. The third-order valence-corrected chi connectivity index (χ3v) is 10.5. The summed E-state index contributed by atoms with van der Waals surface area (Å²) in [5.41, 5.74) is 6.17. The maximum atomic E-state index is 13.6. The lowest BCUT2D eigenvalue weighted by molar-refractivity contribution is -0.188. The highest BCUT2D eigenvalue weighted by Crippen LogP contribution is 2.35. The number of amides is 3. The van der Waals surface area contributed by atoms with Gasteiger partial charge in [-0.1, -0.05) is 58.0 Å². The number of nitrogens with zero attached hydrogens (tertiary/aromatic N) is 5. The van der Waals surface area contributed by atoms with E-state index in [9.17, 15) is 14.4 Å². The normalized spacial score (nSPS) is 17.3. The molecule has 0 spiro atoms. The van der Waals surface area contributed by atoms with Gasteiger partial charge in [-0.25, -0.2) is 19.8 Å². The van der Waals surface area contributed by atoms with Crippen molar-refractivity contribution in [3.63, 3.8) is 0 Å². The molecule has 14 nitrogen and oxygen atoms in total. The van der Waals surface area contributed by atoms with Crippen LogP contribution in [0.3, 0.4) is 0 Å². The number of aromatic nitrogens is 4. The Balaban J connectivity index is 0.00000290. The van der Waals surface area contributed by atoms with Crippen LogP contribution in [0.5, 0.6) is 0 Å². The number of H-pyrrole nitrogens is 2. The van der Waals surface area contributed by atoms with E-state index in [1.807, 2.05) is 49.8 Å². The molecule has 0 radical (unpaired) electrons. The number of benzene rings is 2. The monoisotopic (exact) mass is 876 g/mol. The van der Waals surface area contributed by atoms with Crippen LogP contribution >= 0.6 is 54.0 Å². The number of imidazole rings is 2. The summed E-state index contributed by atoms with van der Waals surface area (Å²) in [5, 5.41) is 2.70. The molecule has 0 bridgehead atoms. The van der Waals surface area contributed by atoms with Gasteiger partial charge in [-0.2, -0.15) is 58.9 Å². The predicted molar refractivity (Wildman–Crippen MR) is 246 cm³/mol. The fourth-order valence-electron chi connectivity index (χ4n) is 7.51. The average Bonchev–Trinajstić information content (AvgIpc) is 4.00. The topological polar surface area (TPSA) is 167 Å². The second kappa shape index (κ2) is 23.1. The molecule has 18 heteroatoms. The van der Waals surface area contributed by atoms with Crippen molar-refractivity contribution in [1.29, 1.82) is 0 Å². The lowest BCUT2D eigenvalue weighted by Gasteiger charge is -2.30. The average molecular weight is 877 g/mol. The molecule has 2 aliphatic rings. The summed E-state index contributed by atoms with van der Waals surface area (Å²) in [5.74, 6) is 1.30. The van der Waals surface area contributed by atoms with E-state index in [-0.39, 0.29) is 89.7 Å². The van der Waals surface area contributed by atoms with Crippen molar-refractivity contribution in [2.45, 2.75) is 90.4 Å². The quantitative estimate of drug-likeness (QED) is 0.0557. The fraction of sp³-hybridized carbons (Fsp3) is 0.500. The number of aromatic amines is 2. The zero-order valence-electron chi connectivity index (χ0n) is 34.0. The number of ether oxygens (including phenoxy) is 1. The lowest BCUT2D eigenvalue weighted by atomic mass is 10.0. The number of nitrogens with one attached hydrogen (secondary N) is 3. The van der Waals surface area contributed by atoms with Crippen LogP contribution < -0.4 is 5.32 Å². The Bertz CT molecular complexity index is 1960. The van der Waals surface area contributed by atoms with Crippen molar-refractivity contribution < 1.29 is 28.9 Å². The van der Waals surface area contributed by atoms with E-state index in [0.717, 1.165) is 78.0 Å². The lowest BCUT2D eigenvalue weighted by Crippen LogP contribution is -2.51. The molecule has 2 aromatic heterocycles. The van der Waals surface area contributed by atoms with E-state index in [1.54, 1.807) is 0 Å². The van der Waals surface area contributed by atoms with Gasteiger partial charge in [-0.3, -0.25) is 9.59 Å². The minimum atomic E-state index is -0.666. The third kappa shape index (κ3) is 11.7. The number of aliphatic imine (C=N–C) groups is 1. The minimum Gasteiger partial charge on any atom is -0.453 e. The summed E-state index contributed by atoms with van der Waals surface area (Å²) in [6.45, 7) is 9.03. The third-order valence-electron chi connectivity index (χ3n) is 10.5. The van der Waals surface area contributed by atoms with E-state index >= 15 is 0 Å². The number of hydrogen-bond donors (Lipinski definition) is 3. The standard InChI is InChI=1S/C40H52N8O6.4H2S/c1-24(2)34(42-23-54-53-6)38(49)48-20-8-10-33(48)37-44-30-18-16-28(21-31(30)45-37)27-14-11-26(12-15-27)13-17-29-22-41-36(43-29)32-9-7-19-47(32)39(50)35(25(3)4)46-40(51)52-5;;;;/h11-12,14-16,18,21-25,32-35H,7-10,13,17,19-20H2,1-6H3,(H,41,43)(H,44,45)(H,46,51);4*1H2/t32-,33-,34-,35-;;;;/m0..../s1. The van der Waals surface area contributed by atoms with Gasteiger partial charge in [0.25, 0.3) is 0 Å². The Morgan fingerprint density at radius 2 is 1.48 bits per heavy atom. The summed E-state index contributed by atoms with van der Waals surface area (Å²) in [6, 6.07) is 13.3. The first-order chi connectivity index (χ1) is 26.1. The number of likely N-dealkylation sites (tertiary alicyclic amines) is 2. The minimum absolute atomic E-state index is 0. The summed E-state index contributed by atoms with van der Waals surface area (Å²) >= 11 is 0. The van der Waals surface area contributed by atoms with Crippen molar-refractivity contribution in [3.05, 3.63) is 71.6 Å². The van der Waals surface area contributed by atoms with Crippen LogP contribution in [0.2, 0.25) is 0 Å². The van der Waals surface area contributed by atoms with Gasteiger partial charge in [0, 0.05) is 25.0 Å².